The maximum Gasteiger partial charge on any atom is 0.332 e. The molecule has 1 saturated carbocycles. The van der Waals surface area contributed by atoms with E-state index >= 15 is 0 Å². The molecule has 0 heterocycles. The van der Waals surface area contributed by atoms with Gasteiger partial charge < -0.3 is 9.47 Å². The highest BCUT2D eigenvalue weighted by molar-refractivity contribution is 5.71. The van der Waals surface area contributed by atoms with Crippen LogP contribution >= 0.6 is 0 Å². The lowest BCUT2D eigenvalue weighted by atomic mass is 9.80. The molecule has 106 valence electrons. The molecule has 18 heavy (non-hydrogen) atoms. The van der Waals surface area contributed by atoms with Crippen molar-refractivity contribution in [2.75, 3.05) is 13.2 Å². The van der Waals surface area contributed by atoms with Crippen molar-refractivity contribution in [3.05, 3.63) is 0 Å². The Bertz CT molecular complexity index is 255. The number of rotatable bonds is 5. The van der Waals surface area contributed by atoms with Gasteiger partial charge in [0.1, 0.15) is 12.2 Å². The van der Waals surface area contributed by atoms with Crippen LogP contribution in [0, 0.1) is 11.8 Å². The molecule has 0 bridgehead atoms. The fourth-order valence-corrected chi connectivity index (χ4v) is 2.60. The monoisotopic (exact) mass is 256 g/mol. The first-order chi connectivity index (χ1) is 8.40. The average Bonchev–Trinajstić information content (AvgIpc) is 2.27. The highest BCUT2D eigenvalue weighted by Gasteiger charge is 2.21. The molecule has 0 aromatic rings. The van der Waals surface area contributed by atoms with Crippen molar-refractivity contribution in [1.29, 1.82) is 0 Å². The van der Waals surface area contributed by atoms with Gasteiger partial charge in [-0.3, -0.25) is 0 Å². The van der Waals surface area contributed by atoms with Crippen molar-refractivity contribution in [2.45, 2.75) is 65.4 Å². The van der Waals surface area contributed by atoms with Crippen LogP contribution in [0.5, 0.6) is 0 Å². The summed E-state index contributed by atoms with van der Waals surface area (Å²) in [6, 6.07) is 0. The summed E-state index contributed by atoms with van der Waals surface area (Å²) < 4.78 is 10.7. The zero-order chi connectivity index (χ0) is 13.6. The van der Waals surface area contributed by atoms with Crippen LogP contribution in [-0.4, -0.2) is 24.8 Å². The van der Waals surface area contributed by atoms with Crippen LogP contribution in [0.2, 0.25) is 0 Å². The van der Waals surface area contributed by atoms with Crippen molar-refractivity contribution in [3.8, 4) is 0 Å². The van der Waals surface area contributed by atoms with Gasteiger partial charge in [0.25, 0.3) is 0 Å². The molecule has 0 N–H and O–H groups in total. The van der Waals surface area contributed by atoms with Crippen LogP contribution in [-0.2, 0) is 14.3 Å². The van der Waals surface area contributed by atoms with Crippen LogP contribution in [0.25, 0.3) is 0 Å². The summed E-state index contributed by atoms with van der Waals surface area (Å²) >= 11 is 0. The van der Waals surface area contributed by atoms with E-state index in [0.717, 1.165) is 5.92 Å². The Labute approximate surface area is 111 Å². The summed E-state index contributed by atoms with van der Waals surface area (Å²) in [5.74, 6) is 1.23. The molecule has 0 unspecified atom stereocenters. The zero-order valence-electron chi connectivity index (χ0n) is 12.3. The SMILES string of the molecule is CC[C@@H]1CCC[C@H](COCC(=O)OC(C)(C)C)C1. The third kappa shape index (κ3) is 6.39. The topological polar surface area (TPSA) is 35.5 Å². The summed E-state index contributed by atoms with van der Waals surface area (Å²) in [7, 11) is 0. The molecule has 3 nitrogen and oxygen atoms in total. The fraction of sp³-hybridized carbons (Fsp3) is 0.933. The predicted molar refractivity (Wildman–Crippen MR) is 72.4 cm³/mol. The number of ether oxygens (including phenoxy) is 2. The molecule has 3 heteroatoms. The maximum atomic E-state index is 11.5. The van der Waals surface area contributed by atoms with Crippen LogP contribution in [0.15, 0.2) is 0 Å². The molecule has 0 aliphatic heterocycles. The summed E-state index contributed by atoms with van der Waals surface area (Å²) in [6.45, 7) is 8.67. The Balaban J connectivity index is 2.15. The lowest BCUT2D eigenvalue weighted by molar-refractivity contribution is -0.160. The summed E-state index contributed by atoms with van der Waals surface area (Å²) in [6.07, 6.45) is 6.43. The standard InChI is InChI=1S/C15H28O3/c1-5-12-7-6-8-13(9-12)10-17-11-14(16)18-15(2,3)4/h12-13H,5-11H2,1-4H3/t12-,13+/m1/s1. The predicted octanol–water partition coefficient (Wildman–Crippen LogP) is 3.56. The second kappa shape index (κ2) is 7.13. The Morgan fingerprint density at radius 2 is 1.89 bits per heavy atom. The van der Waals surface area contributed by atoms with E-state index in [0.29, 0.717) is 12.5 Å². The summed E-state index contributed by atoms with van der Waals surface area (Å²) in [4.78, 5) is 11.5. The molecule has 1 aliphatic rings. The van der Waals surface area contributed by atoms with Crippen molar-refractivity contribution in [3.63, 3.8) is 0 Å². The van der Waals surface area contributed by atoms with E-state index in [9.17, 15) is 4.79 Å². The Hall–Kier alpha value is -0.570. The molecule has 0 aromatic heterocycles. The molecule has 0 aromatic carbocycles. The van der Waals surface area contributed by atoms with Crippen molar-refractivity contribution in [1.82, 2.24) is 0 Å². The van der Waals surface area contributed by atoms with E-state index in [1.807, 2.05) is 20.8 Å². The quantitative estimate of drug-likeness (QED) is 0.705. The summed E-state index contributed by atoms with van der Waals surface area (Å²) in [5, 5.41) is 0. The molecule has 0 amide bonds. The Morgan fingerprint density at radius 3 is 2.50 bits per heavy atom. The van der Waals surface area contributed by atoms with Crippen molar-refractivity contribution >= 4 is 5.97 Å². The van der Waals surface area contributed by atoms with E-state index in [4.69, 9.17) is 9.47 Å². The molecule has 1 aliphatic carbocycles. The van der Waals surface area contributed by atoms with Crippen molar-refractivity contribution < 1.29 is 14.3 Å². The van der Waals surface area contributed by atoms with Crippen LogP contribution < -0.4 is 0 Å². The third-order valence-corrected chi connectivity index (χ3v) is 3.46. The lowest BCUT2D eigenvalue weighted by Crippen LogP contribution is -2.28. The minimum Gasteiger partial charge on any atom is -0.458 e. The highest BCUT2D eigenvalue weighted by Crippen LogP contribution is 2.30. The van der Waals surface area contributed by atoms with Crippen LogP contribution in [0.3, 0.4) is 0 Å². The lowest BCUT2D eigenvalue weighted by Gasteiger charge is -2.28. The summed E-state index contributed by atoms with van der Waals surface area (Å²) in [5.41, 5.74) is -0.418. The van der Waals surface area contributed by atoms with E-state index < -0.39 is 5.60 Å². The smallest absolute Gasteiger partial charge is 0.332 e. The molecular formula is C15H28O3. The van der Waals surface area contributed by atoms with Gasteiger partial charge in [-0.1, -0.05) is 26.2 Å². The van der Waals surface area contributed by atoms with E-state index in [1.54, 1.807) is 0 Å². The molecule has 1 fully saturated rings. The third-order valence-electron chi connectivity index (χ3n) is 3.46. The average molecular weight is 256 g/mol. The molecule has 1 rings (SSSR count). The van der Waals surface area contributed by atoms with Crippen molar-refractivity contribution in [2.24, 2.45) is 11.8 Å². The van der Waals surface area contributed by atoms with Gasteiger partial charge in [-0.25, -0.2) is 4.79 Å². The van der Waals surface area contributed by atoms with Gasteiger partial charge in [0.15, 0.2) is 0 Å². The number of esters is 1. The first kappa shape index (κ1) is 15.5. The van der Waals surface area contributed by atoms with Gasteiger partial charge in [0.2, 0.25) is 0 Å². The maximum absolute atomic E-state index is 11.5. The first-order valence-corrected chi connectivity index (χ1v) is 7.20. The van der Waals surface area contributed by atoms with E-state index in [-0.39, 0.29) is 12.6 Å². The number of hydrogen-bond acceptors (Lipinski definition) is 3. The number of carbonyl (C=O) groups excluding carboxylic acids is 1. The highest BCUT2D eigenvalue weighted by atomic mass is 16.6. The minimum absolute atomic E-state index is 0.0879. The van der Waals surface area contributed by atoms with Gasteiger partial charge >= 0.3 is 5.97 Å². The Morgan fingerprint density at radius 1 is 1.22 bits per heavy atom. The fourth-order valence-electron chi connectivity index (χ4n) is 2.60. The Kier molecular flexibility index (Phi) is 6.13. The zero-order valence-corrected chi connectivity index (χ0v) is 12.3. The van der Waals surface area contributed by atoms with E-state index in [2.05, 4.69) is 6.92 Å². The van der Waals surface area contributed by atoms with Gasteiger partial charge in [0.05, 0.1) is 6.61 Å². The van der Waals surface area contributed by atoms with Gasteiger partial charge in [-0.05, 0) is 45.4 Å². The second-order valence-corrected chi connectivity index (χ2v) is 6.41. The molecule has 0 spiro atoms. The molecule has 0 saturated heterocycles. The largest absolute Gasteiger partial charge is 0.458 e. The first-order valence-electron chi connectivity index (χ1n) is 7.20. The number of carbonyl (C=O) groups is 1. The van der Waals surface area contributed by atoms with Gasteiger partial charge in [-0.2, -0.15) is 0 Å². The second-order valence-electron chi connectivity index (χ2n) is 6.41. The normalized spacial score (nSPS) is 24.9. The van der Waals surface area contributed by atoms with E-state index in [1.165, 1.54) is 32.1 Å². The van der Waals surface area contributed by atoms with Crippen LogP contribution in [0.4, 0.5) is 0 Å². The van der Waals surface area contributed by atoms with Crippen LogP contribution in [0.1, 0.15) is 59.8 Å². The molecular weight excluding hydrogens is 228 g/mol. The minimum atomic E-state index is -0.418. The van der Waals surface area contributed by atoms with Gasteiger partial charge in [0, 0.05) is 0 Å². The molecule has 0 radical (unpaired) electrons. The van der Waals surface area contributed by atoms with Gasteiger partial charge in [-0.15, -0.1) is 0 Å². The number of hydrogen-bond donors (Lipinski definition) is 0. The molecule has 2 atom stereocenters.